The fraction of sp³-hybridized carbons (Fsp3) is 0.235. The minimum absolute atomic E-state index is 0.0646. The van der Waals surface area contributed by atoms with Crippen LogP contribution in [-0.4, -0.2) is 35.3 Å². The van der Waals surface area contributed by atoms with Crippen LogP contribution < -0.4 is 4.90 Å². The van der Waals surface area contributed by atoms with Gasteiger partial charge in [-0.25, -0.2) is 9.83 Å². The predicted molar refractivity (Wildman–Crippen MR) is 88.0 cm³/mol. The van der Waals surface area contributed by atoms with E-state index in [9.17, 15) is 0 Å². The van der Waals surface area contributed by atoms with E-state index in [0.717, 1.165) is 11.1 Å². The molecule has 0 aliphatic rings. The Bertz CT molecular complexity index is 684. The second-order valence-corrected chi connectivity index (χ2v) is 4.95. The molecule has 0 fully saturated rings. The molecule has 0 saturated heterocycles. The van der Waals surface area contributed by atoms with Crippen molar-refractivity contribution in [1.82, 2.24) is 9.97 Å². The second kappa shape index (κ2) is 7.34. The molecule has 0 atom stereocenters. The van der Waals surface area contributed by atoms with Crippen LogP contribution in [0, 0.1) is 13.5 Å². The van der Waals surface area contributed by atoms with Gasteiger partial charge in [0.05, 0.1) is 31.3 Å². The SMILES string of the molecule is [C-]#[N+]/C(=C\c1cnc(N(C)CCO)cn1)c1ccc(C)cc1. The summed E-state index contributed by atoms with van der Waals surface area (Å²) in [7, 11) is 1.84. The minimum atomic E-state index is 0.0646. The summed E-state index contributed by atoms with van der Waals surface area (Å²) < 4.78 is 0. The molecule has 2 rings (SSSR count). The molecule has 0 aliphatic carbocycles. The summed E-state index contributed by atoms with van der Waals surface area (Å²) in [5, 5.41) is 8.92. The highest BCUT2D eigenvalue weighted by molar-refractivity contribution is 5.84. The molecule has 0 radical (unpaired) electrons. The zero-order valence-electron chi connectivity index (χ0n) is 12.7. The lowest BCUT2D eigenvalue weighted by Crippen LogP contribution is -2.22. The number of aryl methyl sites for hydroxylation is 1. The van der Waals surface area contributed by atoms with Crippen LogP contribution in [-0.2, 0) is 0 Å². The molecule has 22 heavy (non-hydrogen) atoms. The molecule has 1 aromatic heterocycles. The average Bonchev–Trinajstić information content (AvgIpc) is 2.54. The number of hydrogen-bond acceptors (Lipinski definition) is 4. The van der Waals surface area contributed by atoms with Crippen LogP contribution in [0.3, 0.4) is 0 Å². The molecule has 2 aromatic rings. The van der Waals surface area contributed by atoms with Gasteiger partial charge in [-0.15, -0.1) is 0 Å². The van der Waals surface area contributed by atoms with Gasteiger partial charge < -0.3 is 10.0 Å². The number of rotatable bonds is 5. The van der Waals surface area contributed by atoms with Crippen molar-refractivity contribution in [3.63, 3.8) is 0 Å². The Morgan fingerprint density at radius 3 is 2.55 bits per heavy atom. The van der Waals surface area contributed by atoms with E-state index in [1.54, 1.807) is 18.5 Å². The van der Waals surface area contributed by atoms with Crippen molar-refractivity contribution in [1.29, 1.82) is 0 Å². The molecule has 0 unspecified atom stereocenters. The van der Waals surface area contributed by atoms with Crippen molar-refractivity contribution in [3.8, 4) is 0 Å². The molecule has 112 valence electrons. The zero-order valence-corrected chi connectivity index (χ0v) is 12.7. The molecular formula is C17H18N4O. The van der Waals surface area contributed by atoms with E-state index in [-0.39, 0.29) is 6.61 Å². The first-order chi connectivity index (χ1) is 10.6. The van der Waals surface area contributed by atoms with Crippen LogP contribution in [0.4, 0.5) is 5.82 Å². The summed E-state index contributed by atoms with van der Waals surface area (Å²) in [5.41, 5.74) is 3.19. The Labute approximate surface area is 130 Å². The highest BCUT2D eigenvalue weighted by atomic mass is 16.3. The van der Waals surface area contributed by atoms with Crippen molar-refractivity contribution in [2.45, 2.75) is 6.92 Å². The van der Waals surface area contributed by atoms with Gasteiger partial charge in [0.1, 0.15) is 5.82 Å². The normalized spacial score (nSPS) is 11.1. The molecule has 1 N–H and O–H groups in total. The predicted octanol–water partition coefficient (Wildman–Crippen LogP) is 2.63. The minimum Gasteiger partial charge on any atom is -0.395 e. The monoisotopic (exact) mass is 294 g/mol. The molecule has 0 bridgehead atoms. The fourth-order valence-electron chi connectivity index (χ4n) is 1.91. The topological polar surface area (TPSA) is 53.6 Å². The molecule has 5 heteroatoms. The number of aromatic nitrogens is 2. The molecule has 0 amide bonds. The van der Waals surface area contributed by atoms with E-state index in [4.69, 9.17) is 11.7 Å². The molecule has 0 spiro atoms. The van der Waals surface area contributed by atoms with Crippen LogP contribution in [0.5, 0.6) is 0 Å². The van der Waals surface area contributed by atoms with Crippen molar-refractivity contribution >= 4 is 17.6 Å². The van der Waals surface area contributed by atoms with Crippen molar-refractivity contribution in [2.24, 2.45) is 0 Å². The Morgan fingerprint density at radius 1 is 1.27 bits per heavy atom. The number of likely N-dealkylation sites (N-methyl/N-ethyl adjacent to an activating group) is 1. The average molecular weight is 294 g/mol. The van der Waals surface area contributed by atoms with Crippen LogP contribution >= 0.6 is 0 Å². The standard InChI is InChI=1S/C17H18N4O/c1-13-4-6-14(7-5-13)16(18-2)10-15-11-20-17(12-19-15)21(3)8-9-22/h4-7,10-12,22H,8-9H2,1,3H3/b16-10-. The third kappa shape index (κ3) is 3.90. The summed E-state index contributed by atoms with van der Waals surface area (Å²) in [5.74, 6) is 0.686. The zero-order chi connectivity index (χ0) is 15.9. The molecule has 1 aromatic carbocycles. The van der Waals surface area contributed by atoms with Crippen molar-refractivity contribution in [2.75, 3.05) is 25.1 Å². The van der Waals surface area contributed by atoms with Gasteiger partial charge in [-0.1, -0.05) is 29.8 Å². The number of aliphatic hydroxyl groups is 1. The van der Waals surface area contributed by atoms with E-state index >= 15 is 0 Å². The van der Waals surface area contributed by atoms with Crippen LogP contribution in [0.2, 0.25) is 0 Å². The second-order valence-electron chi connectivity index (χ2n) is 4.95. The Kier molecular flexibility index (Phi) is 5.23. The fourth-order valence-corrected chi connectivity index (χ4v) is 1.91. The first kappa shape index (κ1) is 15.7. The van der Waals surface area contributed by atoms with E-state index in [0.29, 0.717) is 23.8 Å². The Hall–Kier alpha value is -2.71. The van der Waals surface area contributed by atoms with Crippen molar-refractivity contribution < 1.29 is 5.11 Å². The highest BCUT2D eigenvalue weighted by Gasteiger charge is 2.04. The quantitative estimate of drug-likeness (QED) is 0.861. The first-order valence-electron chi connectivity index (χ1n) is 6.94. The first-order valence-corrected chi connectivity index (χ1v) is 6.94. The summed E-state index contributed by atoms with van der Waals surface area (Å²) >= 11 is 0. The van der Waals surface area contributed by atoms with E-state index in [1.807, 2.05) is 43.1 Å². The molecule has 5 nitrogen and oxygen atoms in total. The van der Waals surface area contributed by atoms with Gasteiger partial charge in [0.2, 0.25) is 0 Å². The summed E-state index contributed by atoms with van der Waals surface area (Å²) in [6.45, 7) is 9.92. The third-order valence-electron chi connectivity index (χ3n) is 3.24. The number of benzene rings is 1. The lowest BCUT2D eigenvalue weighted by molar-refractivity contribution is 0.304. The Balaban J connectivity index is 2.23. The van der Waals surface area contributed by atoms with Gasteiger partial charge in [-0.3, -0.25) is 4.98 Å². The summed E-state index contributed by atoms with van der Waals surface area (Å²) in [6, 6.07) is 7.81. The number of aliphatic hydroxyl groups excluding tert-OH is 1. The number of hydrogen-bond donors (Lipinski definition) is 1. The Morgan fingerprint density at radius 2 is 2.00 bits per heavy atom. The van der Waals surface area contributed by atoms with Crippen molar-refractivity contribution in [3.05, 3.63) is 64.9 Å². The van der Waals surface area contributed by atoms with Crippen LogP contribution in [0.15, 0.2) is 36.7 Å². The maximum atomic E-state index is 8.92. The van der Waals surface area contributed by atoms with Crippen LogP contribution in [0.25, 0.3) is 16.6 Å². The summed E-state index contributed by atoms with van der Waals surface area (Å²) in [4.78, 5) is 14.0. The third-order valence-corrected chi connectivity index (χ3v) is 3.24. The van der Waals surface area contributed by atoms with E-state index in [1.165, 1.54) is 0 Å². The van der Waals surface area contributed by atoms with E-state index in [2.05, 4.69) is 14.8 Å². The maximum absolute atomic E-state index is 8.92. The highest BCUT2D eigenvalue weighted by Crippen LogP contribution is 2.19. The molecule has 0 saturated carbocycles. The smallest absolute Gasteiger partial charge is 0.196 e. The van der Waals surface area contributed by atoms with Gasteiger partial charge in [0.25, 0.3) is 0 Å². The van der Waals surface area contributed by atoms with E-state index < -0.39 is 0 Å². The largest absolute Gasteiger partial charge is 0.395 e. The van der Waals surface area contributed by atoms with Gasteiger partial charge >= 0.3 is 0 Å². The van der Waals surface area contributed by atoms with Gasteiger partial charge in [0, 0.05) is 13.6 Å². The lowest BCUT2D eigenvalue weighted by atomic mass is 10.1. The van der Waals surface area contributed by atoms with Crippen LogP contribution in [0.1, 0.15) is 16.8 Å². The molecule has 0 aliphatic heterocycles. The molecular weight excluding hydrogens is 276 g/mol. The maximum Gasteiger partial charge on any atom is 0.196 e. The van der Waals surface area contributed by atoms with Gasteiger partial charge in [0.15, 0.2) is 5.70 Å². The lowest BCUT2D eigenvalue weighted by Gasteiger charge is -2.15. The van der Waals surface area contributed by atoms with Gasteiger partial charge in [-0.05, 0) is 18.6 Å². The number of nitrogens with zero attached hydrogens (tertiary/aromatic N) is 4. The van der Waals surface area contributed by atoms with Gasteiger partial charge in [-0.2, -0.15) is 0 Å². The number of anilines is 1. The summed E-state index contributed by atoms with van der Waals surface area (Å²) in [6.07, 6.45) is 4.99. The molecule has 1 heterocycles.